The summed E-state index contributed by atoms with van der Waals surface area (Å²) >= 11 is 1.34. The van der Waals surface area contributed by atoms with Crippen molar-refractivity contribution in [3.63, 3.8) is 0 Å². The lowest BCUT2D eigenvalue weighted by atomic mass is 10.1. The van der Waals surface area contributed by atoms with E-state index < -0.39 is 0 Å². The third-order valence-electron chi connectivity index (χ3n) is 3.81. The average Bonchev–Trinajstić information content (AvgIpc) is 3.34. The maximum atomic E-state index is 12.5. The van der Waals surface area contributed by atoms with E-state index in [4.69, 9.17) is 13.9 Å². The van der Waals surface area contributed by atoms with Crippen LogP contribution in [0.3, 0.4) is 0 Å². The molecule has 0 atom stereocenters. The summed E-state index contributed by atoms with van der Waals surface area (Å²) < 4.78 is 17.8. The SMILES string of the molecule is CCn1c(SCC(=O)c2ccc(OC)c(OC)c2)nnc1-c1ccco1. The van der Waals surface area contributed by atoms with Crippen LogP contribution in [0.1, 0.15) is 17.3 Å². The molecule has 26 heavy (non-hydrogen) atoms. The van der Waals surface area contributed by atoms with Crippen LogP contribution in [0.25, 0.3) is 11.6 Å². The van der Waals surface area contributed by atoms with Crippen molar-refractivity contribution in [2.45, 2.75) is 18.6 Å². The molecule has 0 aliphatic heterocycles. The topological polar surface area (TPSA) is 79.4 Å². The number of nitrogens with zero attached hydrogens (tertiary/aromatic N) is 3. The lowest BCUT2D eigenvalue weighted by molar-refractivity contribution is 0.102. The van der Waals surface area contributed by atoms with Gasteiger partial charge in [-0.3, -0.25) is 9.36 Å². The first-order chi connectivity index (χ1) is 12.7. The predicted molar refractivity (Wildman–Crippen MR) is 98.0 cm³/mol. The van der Waals surface area contributed by atoms with E-state index in [1.54, 1.807) is 44.7 Å². The van der Waals surface area contributed by atoms with Crippen LogP contribution in [0.4, 0.5) is 0 Å². The summed E-state index contributed by atoms with van der Waals surface area (Å²) in [6, 6.07) is 8.76. The number of hydrogen-bond acceptors (Lipinski definition) is 7. The molecule has 3 rings (SSSR count). The third kappa shape index (κ3) is 3.60. The van der Waals surface area contributed by atoms with Gasteiger partial charge < -0.3 is 13.9 Å². The van der Waals surface area contributed by atoms with Crippen molar-refractivity contribution in [1.29, 1.82) is 0 Å². The number of Topliss-reactive ketones (excluding diaryl/α,β-unsaturated/α-hetero) is 1. The fourth-order valence-corrected chi connectivity index (χ4v) is 3.39. The number of ether oxygens (including phenoxy) is 2. The van der Waals surface area contributed by atoms with Crippen LogP contribution >= 0.6 is 11.8 Å². The molecule has 0 radical (unpaired) electrons. The van der Waals surface area contributed by atoms with E-state index in [0.29, 0.717) is 40.3 Å². The molecule has 0 saturated carbocycles. The number of furan rings is 1. The number of rotatable bonds is 8. The molecule has 0 bridgehead atoms. The maximum absolute atomic E-state index is 12.5. The van der Waals surface area contributed by atoms with Gasteiger partial charge in [-0.05, 0) is 37.3 Å². The van der Waals surface area contributed by atoms with Crippen molar-refractivity contribution in [2.24, 2.45) is 0 Å². The molecule has 1 aromatic carbocycles. The molecule has 0 aliphatic carbocycles. The molecule has 0 fully saturated rings. The molecule has 0 N–H and O–H groups in total. The molecule has 7 nitrogen and oxygen atoms in total. The standard InChI is InChI=1S/C18H19N3O4S/c1-4-21-17(15-6-5-9-25-15)19-20-18(21)26-11-13(22)12-7-8-14(23-2)16(10-12)24-3/h5-10H,4,11H2,1-3H3. The Hall–Kier alpha value is -2.74. The Morgan fingerprint density at radius 2 is 2.00 bits per heavy atom. The second kappa shape index (κ2) is 8.09. The van der Waals surface area contributed by atoms with E-state index in [9.17, 15) is 4.79 Å². The van der Waals surface area contributed by atoms with Gasteiger partial charge in [0.25, 0.3) is 0 Å². The van der Waals surface area contributed by atoms with Crippen LogP contribution in [0.15, 0.2) is 46.2 Å². The zero-order valence-electron chi connectivity index (χ0n) is 14.8. The highest BCUT2D eigenvalue weighted by molar-refractivity contribution is 7.99. The highest BCUT2D eigenvalue weighted by atomic mass is 32.2. The van der Waals surface area contributed by atoms with Crippen LogP contribution in [0.5, 0.6) is 11.5 Å². The zero-order valence-corrected chi connectivity index (χ0v) is 15.6. The number of ketones is 1. The Bertz CT molecular complexity index is 890. The summed E-state index contributed by atoms with van der Waals surface area (Å²) in [6.07, 6.45) is 1.59. The number of methoxy groups -OCH3 is 2. The fourth-order valence-electron chi connectivity index (χ4n) is 2.49. The molecule has 2 aromatic heterocycles. The number of hydrogen-bond donors (Lipinski definition) is 0. The van der Waals surface area contributed by atoms with E-state index >= 15 is 0 Å². The van der Waals surface area contributed by atoms with E-state index in [2.05, 4.69) is 10.2 Å². The van der Waals surface area contributed by atoms with Crippen molar-refractivity contribution in [3.8, 4) is 23.1 Å². The molecule has 8 heteroatoms. The highest BCUT2D eigenvalue weighted by Crippen LogP contribution is 2.29. The summed E-state index contributed by atoms with van der Waals surface area (Å²) in [5.41, 5.74) is 0.559. The number of carbonyl (C=O) groups is 1. The molecule has 0 amide bonds. The summed E-state index contributed by atoms with van der Waals surface area (Å²) in [6.45, 7) is 2.67. The Labute approximate surface area is 155 Å². The lowest BCUT2D eigenvalue weighted by Gasteiger charge is -2.09. The molecule has 136 valence electrons. The Morgan fingerprint density at radius 1 is 1.19 bits per heavy atom. The minimum absolute atomic E-state index is 0.0267. The monoisotopic (exact) mass is 373 g/mol. The van der Waals surface area contributed by atoms with Crippen LogP contribution in [-0.2, 0) is 6.54 Å². The van der Waals surface area contributed by atoms with Crippen LogP contribution in [0, 0.1) is 0 Å². The molecule has 2 heterocycles. The van der Waals surface area contributed by atoms with Crippen LogP contribution < -0.4 is 9.47 Å². The summed E-state index contributed by atoms with van der Waals surface area (Å²) in [7, 11) is 3.10. The Kier molecular flexibility index (Phi) is 5.62. The zero-order chi connectivity index (χ0) is 18.5. The first-order valence-corrected chi connectivity index (χ1v) is 9.01. The smallest absolute Gasteiger partial charge is 0.200 e. The minimum atomic E-state index is -0.0267. The normalized spacial score (nSPS) is 10.7. The highest BCUT2D eigenvalue weighted by Gasteiger charge is 2.17. The van der Waals surface area contributed by atoms with Crippen molar-refractivity contribution >= 4 is 17.5 Å². The van der Waals surface area contributed by atoms with E-state index in [1.165, 1.54) is 11.8 Å². The van der Waals surface area contributed by atoms with Gasteiger partial charge in [0.15, 0.2) is 34.0 Å². The Morgan fingerprint density at radius 3 is 2.65 bits per heavy atom. The summed E-state index contributed by atoms with van der Waals surface area (Å²) in [4.78, 5) is 12.5. The van der Waals surface area contributed by atoms with Gasteiger partial charge >= 0.3 is 0 Å². The average molecular weight is 373 g/mol. The van der Waals surface area contributed by atoms with Crippen LogP contribution in [0.2, 0.25) is 0 Å². The maximum Gasteiger partial charge on any atom is 0.200 e. The molecule has 0 unspecified atom stereocenters. The van der Waals surface area contributed by atoms with E-state index in [1.807, 2.05) is 17.6 Å². The molecule has 0 aliphatic rings. The number of carbonyl (C=O) groups excluding carboxylic acids is 1. The molecular formula is C18H19N3O4S. The molecule has 0 saturated heterocycles. The van der Waals surface area contributed by atoms with Crippen molar-refractivity contribution < 1.29 is 18.7 Å². The second-order valence-corrected chi connectivity index (χ2v) is 6.25. The van der Waals surface area contributed by atoms with Gasteiger partial charge in [-0.1, -0.05) is 11.8 Å². The van der Waals surface area contributed by atoms with Gasteiger partial charge in [0.05, 0.1) is 26.2 Å². The summed E-state index contributed by atoms with van der Waals surface area (Å²) in [5.74, 6) is 2.63. The van der Waals surface area contributed by atoms with E-state index in [-0.39, 0.29) is 11.5 Å². The van der Waals surface area contributed by atoms with Crippen LogP contribution in [-0.4, -0.2) is 40.5 Å². The van der Waals surface area contributed by atoms with Gasteiger partial charge in [0, 0.05) is 12.1 Å². The minimum Gasteiger partial charge on any atom is -0.493 e. The van der Waals surface area contributed by atoms with Gasteiger partial charge in [0.2, 0.25) is 0 Å². The van der Waals surface area contributed by atoms with Crippen molar-refractivity contribution in [3.05, 3.63) is 42.2 Å². The molecule has 3 aromatic rings. The molecular weight excluding hydrogens is 354 g/mol. The van der Waals surface area contributed by atoms with Gasteiger partial charge in [0.1, 0.15) is 0 Å². The van der Waals surface area contributed by atoms with Gasteiger partial charge in [-0.15, -0.1) is 10.2 Å². The largest absolute Gasteiger partial charge is 0.493 e. The van der Waals surface area contributed by atoms with Crippen molar-refractivity contribution in [2.75, 3.05) is 20.0 Å². The first-order valence-electron chi connectivity index (χ1n) is 8.03. The predicted octanol–water partition coefficient (Wildman–Crippen LogP) is 3.55. The third-order valence-corrected chi connectivity index (χ3v) is 4.78. The number of benzene rings is 1. The lowest BCUT2D eigenvalue weighted by Crippen LogP contribution is -2.05. The quantitative estimate of drug-likeness (QED) is 0.441. The summed E-state index contributed by atoms with van der Waals surface area (Å²) in [5, 5.41) is 9.04. The first kappa shape index (κ1) is 18.1. The van der Waals surface area contributed by atoms with Gasteiger partial charge in [-0.25, -0.2) is 0 Å². The molecule has 0 spiro atoms. The Balaban J connectivity index is 1.74. The number of thioether (sulfide) groups is 1. The fraction of sp³-hybridized carbons (Fsp3) is 0.278. The van der Waals surface area contributed by atoms with E-state index in [0.717, 1.165) is 0 Å². The second-order valence-electron chi connectivity index (χ2n) is 5.31. The van der Waals surface area contributed by atoms with Gasteiger partial charge in [-0.2, -0.15) is 0 Å². The number of aromatic nitrogens is 3. The van der Waals surface area contributed by atoms with Crippen molar-refractivity contribution in [1.82, 2.24) is 14.8 Å².